The lowest BCUT2D eigenvalue weighted by atomic mass is 9.87. The number of rotatable bonds is 10. The number of hydrogen-bond acceptors (Lipinski definition) is 8. The fourth-order valence-electron chi connectivity index (χ4n) is 3.11. The summed E-state index contributed by atoms with van der Waals surface area (Å²) in [5, 5.41) is 4.85. The van der Waals surface area contributed by atoms with Gasteiger partial charge in [0.2, 0.25) is 11.8 Å². The summed E-state index contributed by atoms with van der Waals surface area (Å²) in [6, 6.07) is 2.81. The number of nitrogens with one attached hydrogen (secondary N) is 2. The first-order chi connectivity index (χ1) is 15.0. The molecule has 1 aromatic rings. The van der Waals surface area contributed by atoms with Crippen molar-refractivity contribution in [3.63, 3.8) is 0 Å². The number of benzene rings is 1. The van der Waals surface area contributed by atoms with E-state index in [4.69, 9.17) is 4.74 Å². The molecule has 0 saturated heterocycles. The van der Waals surface area contributed by atoms with Crippen molar-refractivity contribution in [3.05, 3.63) is 35.6 Å². The average Bonchev–Trinajstić information content (AvgIpc) is 2.75. The van der Waals surface area contributed by atoms with E-state index in [0.717, 1.165) is 21.3 Å². The van der Waals surface area contributed by atoms with Gasteiger partial charge in [0.25, 0.3) is 0 Å². The molecule has 0 fully saturated rings. The van der Waals surface area contributed by atoms with Crippen molar-refractivity contribution in [2.24, 2.45) is 11.8 Å². The number of carbonyl (C=O) groups is 5. The van der Waals surface area contributed by atoms with Crippen LogP contribution in [0.5, 0.6) is 0 Å². The number of esters is 3. The van der Waals surface area contributed by atoms with Crippen molar-refractivity contribution in [1.29, 1.82) is 0 Å². The van der Waals surface area contributed by atoms with E-state index in [1.807, 2.05) is 0 Å². The van der Waals surface area contributed by atoms with Gasteiger partial charge in [-0.25, -0.2) is 9.18 Å². The molecule has 1 aromatic carbocycles. The lowest BCUT2D eigenvalue weighted by Crippen LogP contribution is -2.56. The Labute approximate surface area is 184 Å². The standard InChI is InChI=1S/C21H27FN2O8/c1-11(16(19(27)30-3)20(28)31-4)17(21(29)32-5)24-18(26)15(23-12(2)25)10-13-7-6-8-14(22)9-13/h6-9,11,15-17H,10H2,1-5H3,(H,23,25)(H,24,26)/t11-,15+,17+/m1/s1. The molecule has 0 radical (unpaired) electrons. The summed E-state index contributed by atoms with van der Waals surface area (Å²) >= 11 is 0. The van der Waals surface area contributed by atoms with Gasteiger partial charge in [0, 0.05) is 19.3 Å². The minimum atomic E-state index is -1.53. The highest BCUT2D eigenvalue weighted by Gasteiger charge is 2.43. The first-order valence-corrected chi connectivity index (χ1v) is 9.61. The molecule has 11 heteroatoms. The Bertz CT molecular complexity index is 844. The van der Waals surface area contributed by atoms with E-state index >= 15 is 0 Å². The Morgan fingerprint density at radius 3 is 1.97 bits per heavy atom. The molecular weight excluding hydrogens is 427 g/mol. The van der Waals surface area contributed by atoms with Crippen molar-refractivity contribution >= 4 is 29.7 Å². The summed E-state index contributed by atoms with van der Waals surface area (Å²) in [7, 11) is 3.18. The van der Waals surface area contributed by atoms with Gasteiger partial charge in [-0.15, -0.1) is 0 Å². The van der Waals surface area contributed by atoms with Crippen molar-refractivity contribution in [1.82, 2.24) is 10.6 Å². The summed E-state index contributed by atoms with van der Waals surface area (Å²) in [6.45, 7) is 2.55. The number of amides is 2. The van der Waals surface area contributed by atoms with Crippen LogP contribution in [0.4, 0.5) is 4.39 Å². The van der Waals surface area contributed by atoms with Crippen LogP contribution in [0.1, 0.15) is 19.4 Å². The van der Waals surface area contributed by atoms with Crippen molar-refractivity contribution in [3.8, 4) is 0 Å². The second-order valence-electron chi connectivity index (χ2n) is 6.98. The maximum absolute atomic E-state index is 13.5. The average molecular weight is 454 g/mol. The largest absolute Gasteiger partial charge is 0.468 e. The van der Waals surface area contributed by atoms with Gasteiger partial charge in [-0.3, -0.25) is 19.2 Å². The van der Waals surface area contributed by atoms with E-state index < -0.39 is 59.5 Å². The first-order valence-electron chi connectivity index (χ1n) is 9.61. The van der Waals surface area contributed by atoms with Gasteiger partial charge in [-0.2, -0.15) is 0 Å². The smallest absolute Gasteiger partial charge is 0.328 e. The Hall–Kier alpha value is -3.50. The first kappa shape index (κ1) is 26.5. The molecule has 32 heavy (non-hydrogen) atoms. The van der Waals surface area contributed by atoms with Crippen LogP contribution < -0.4 is 10.6 Å². The Morgan fingerprint density at radius 1 is 0.938 bits per heavy atom. The van der Waals surface area contributed by atoms with Crippen LogP contribution in [0.15, 0.2) is 24.3 Å². The molecule has 0 aliphatic heterocycles. The Balaban J connectivity index is 3.21. The zero-order valence-corrected chi connectivity index (χ0v) is 18.5. The summed E-state index contributed by atoms with van der Waals surface area (Å²) in [6.07, 6.45) is -0.0805. The summed E-state index contributed by atoms with van der Waals surface area (Å²) in [4.78, 5) is 61.2. The molecule has 0 bridgehead atoms. The zero-order chi connectivity index (χ0) is 24.4. The quantitative estimate of drug-likeness (QED) is 0.289. The molecule has 2 N–H and O–H groups in total. The van der Waals surface area contributed by atoms with Gasteiger partial charge in [0.05, 0.1) is 21.3 Å². The van der Waals surface area contributed by atoms with Crippen LogP contribution in [-0.2, 0) is 44.6 Å². The minimum absolute atomic E-state index is 0.0805. The molecule has 3 atom stereocenters. The SMILES string of the molecule is COC(=O)C(C(=O)OC)[C@@H](C)[C@H](NC(=O)[C@H](Cc1cccc(F)c1)NC(C)=O)C(=O)OC. The summed E-state index contributed by atoms with van der Waals surface area (Å²) < 4.78 is 27.5. The van der Waals surface area contributed by atoms with E-state index in [-0.39, 0.29) is 6.42 Å². The normalized spacial score (nSPS) is 13.3. The van der Waals surface area contributed by atoms with Gasteiger partial charge in [-0.1, -0.05) is 19.1 Å². The number of hydrogen-bond donors (Lipinski definition) is 2. The molecule has 0 aliphatic carbocycles. The maximum atomic E-state index is 13.5. The predicted octanol–water partition coefficient (Wildman–Crippen LogP) is 0.129. The maximum Gasteiger partial charge on any atom is 0.328 e. The lowest BCUT2D eigenvalue weighted by molar-refractivity contribution is -0.163. The highest BCUT2D eigenvalue weighted by molar-refractivity contribution is 5.97. The Morgan fingerprint density at radius 2 is 1.50 bits per heavy atom. The second kappa shape index (κ2) is 12.4. The molecule has 0 aromatic heterocycles. The highest BCUT2D eigenvalue weighted by atomic mass is 19.1. The van der Waals surface area contributed by atoms with E-state index in [1.165, 1.54) is 32.0 Å². The summed E-state index contributed by atoms with van der Waals surface area (Å²) in [5.74, 6) is -7.39. The molecule has 0 unspecified atom stereocenters. The van der Waals surface area contributed by atoms with Gasteiger partial charge in [0.1, 0.15) is 17.9 Å². The number of methoxy groups -OCH3 is 3. The molecule has 0 saturated carbocycles. The fourth-order valence-corrected chi connectivity index (χ4v) is 3.11. The third-order valence-corrected chi connectivity index (χ3v) is 4.74. The van der Waals surface area contributed by atoms with E-state index in [1.54, 1.807) is 6.07 Å². The molecule has 176 valence electrons. The van der Waals surface area contributed by atoms with Crippen molar-refractivity contribution < 1.29 is 42.6 Å². The van der Waals surface area contributed by atoms with Crippen LogP contribution in [0, 0.1) is 17.7 Å². The molecular formula is C21H27FN2O8. The lowest BCUT2D eigenvalue weighted by Gasteiger charge is -2.28. The molecule has 0 spiro atoms. The molecule has 10 nitrogen and oxygen atoms in total. The van der Waals surface area contributed by atoms with Gasteiger partial charge >= 0.3 is 17.9 Å². The molecule has 0 heterocycles. The van der Waals surface area contributed by atoms with E-state index in [2.05, 4.69) is 20.1 Å². The van der Waals surface area contributed by atoms with Crippen molar-refractivity contribution in [2.75, 3.05) is 21.3 Å². The third kappa shape index (κ3) is 7.33. The highest BCUT2D eigenvalue weighted by Crippen LogP contribution is 2.21. The monoisotopic (exact) mass is 454 g/mol. The van der Waals surface area contributed by atoms with E-state index in [9.17, 15) is 28.4 Å². The number of carbonyl (C=O) groups excluding carboxylic acids is 5. The van der Waals surface area contributed by atoms with Crippen LogP contribution in [0.2, 0.25) is 0 Å². The third-order valence-electron chi connectivity index (χ3n) is 4.74. The van der Waals surface area contributed by atoms with Crippen LogP contribution in [0.25, 0.3) is 0 Å². The van der Waals surface area contributed by atoms with E-state index in [0.29, 0.717) is 5.56 Å². The molecule has 1 rings (SSSR count). The predicted molar refractivity (Wildman–Crippen MR) is 108 cm³/mol. The van der Waals surface area contributed by atoms with Crippen LogP contribution in [0.3, 0.4) is 0 Å². The van der Waals surface area contributed by atoms with Crippen LogP contribution >= 0.6 is 0 Å². The number of ether oxygens (including phenoxy) is 3. The van der Waals surface area contributed by atoms with Gasteiger partial charge in [0.15, 0.2) is 5.92 Å². The zero-order valence-electron chi connectivity index (χ0n) is 18.5. The topological polar surface area (TPSA) is 137 Å². The molecule has 2 amide bonds. The fraction of sp³-hybridized carbons (Fsp3) is 0.476. The van der Waals surface area contributed by atoms with Gasteiger partial charge in [-0.05, 0) is 17.7 Å². The molecule has 0 aliphatic rings. The Kier molecular flexibility index (Phi) is 10.3. The number of halogens is 1. The van der Waals surface area contributed by atoms with Crippen LogP contribution in [-0.4, -0.2) is 63.1 Å². The minimum Gasteiger partial charge on any atom is -0.468 e. The second-order valence-corrected chi connectivity index (χ2v) is 6.98. The van der Waals surface area contributed by atoms with Gasteiger partial charge < -0.3 is 24.8 Å². The summed E-state index contributed by atoms with van der Waals surface area (Å²) in [5.41, 5.74) is 0.420. The van der Waals surface area contributed by atoms with Crippen molar-refractivity contribution in [2.45, 2.75) is 32.4 Å².